The summed E-state index contributed by atoms with van der Waals surface area (Å²) in [6.07, 6.45) is 0.749. The van der Waals surface area contributed by atoms with E-state index in [0.717, 1.165) is 0 Å². The molecule has 1 aromatic heterocycles. The predicted octanol–water partition coefficient (Wildman–Crippen LogP) is 4.09. The summed E-state index contributed by atoms with van der Waals surface area (Å²) in [5.74, 6) is -0.536. The minimum absolute atomic E-state index is 0.00447. The molecule has 2 N–H and O–H groups in total. The second-order valence-corrected chi connectivity index (χ2v) is 7.35. The first-order valence-electron chi connectivity index (χ1n) is 8.81. The topological polar surface area (TPSA) is 119 Å². The molecule has 9 nitrogen and oxygen atoms in total. The van der Waals surface area contributed by atoms with Gasteiger partial charge >= 0.3 is 5.69 Å². The Balaban J connectivity index is 1.99. The van der Waals surface area contributed by atoms with Crippen LogP contribution < -0.4 is 15.4 Å². The van der Waals surface area contributed by atoms with Crippen LogP contribution >= 0.6 is 15.9 Å². The Hall–Kier alpha value is -3.34. The number of aromatic nitrogens is 2. The minimum atomic E-state index is -0.586. The van der Waals surface area contributed by atoms with Gasteiger partial charge in [-0.05, 0) is 25.1 Å². The number of nitrogens with zero attached hydrogens (tertiary/aromatic N) is 3. The van der Waals surface area contributed by atoms with Crippen LogP contribution in [-0.2, 0) is 4.79 Å². The Labute approximate surface area is 178 Å². The summed E-state index contributed by atoms with van der Waals surface area (Å²) in [5.41, 5.74) is 0.230. The molecule has 3 aromatic rings. The van der Waals surface area contributed by atoms with Crippen molar-refractivity contribution in [2.24, 2.45) is 0 Å². The molecule has 1 unspecified atom stereocenters. The number of nitro groups is 1. The third kappa shape index (κ3) is 4.98. The van der Waals surface area contributed by atoms with Gasteiger partial charge in [-0.25, -0.2) is 14.4 Å². The molecule has 0 saturated heterocycles. The van der Waals surface area contributed by atoms with E-state index >= 15 is 0 Å². The highest BCUT2D eigenvalue weighted by Crippen LogP contribution is 2.35. The number of ether oxygens (including phenoxy) is 1. The number of fused-ring (bicyclic) bond motifs is 1. The van der Waals surface area contributed by atoms with Crippen molar-refractivity contribution in [3.8, 4) is 5.75 Å². The number of nitrogens with one attached hydrogen (secondary N) is 2. The Morgan fingerprint density at radius 1 is 1.33 bits per heavy atom. The van der Waals surface area contributed by atoms with E-state index in [2.05, 4.69) is 36.5 Å². The minimum Gasteiger partial charge on any atom is -0.482 e. The highest BCUT2D eigenvalue weighted by atomic mass is 79.9. The molecular weight excluding hydrogens is 461 g/mol. The second kappa shape index (κ2) is 8.99. The van der Waals surface area contributed by atoms with Gasteiger partial charge in [0.2, 0.25) is 5.91 Å². The van der Waals surface area contributed by atoms with E-state index in [9.17, 15) is 19.3 Å². The summed E-state index contributed by atoms with van der Waals surface area (Å²) in [4.78, 5) is 30.3. The summed E-state index contributed by atoms with van der Waals surface area (Å²) < 4.78 is 20.4. The number of hydrogen-bond donors (Lipinski definition) is 2. The third-order valence-electron chi connectivity index (χ3n) is 4.06. The van der Waals surface area contributed by atoms with Crippen molar-refractivity contribution >= 4 is 49.9 Å². The maximum absolute atomic E-state index is 14.2. The van der Waals surface area contributed by atoms with Gasteiger partial charge in [-0.3, -0.25) is 14.9 Å². The first kappa shape index (κ1) is 21.4. The lowest BCUT2D eigenvalue weighted by molar-refractivity contribution is -0.385. The number of rotatable bonds is 7. The van der Waals surface area contributed by atoms with E-state index in [4.69, 9.17) is 4.74 Å². The van der Waals surface area contributed by atoms with Crippen LogP contribution in [-0.4, -0.2) is 33.4 Å². The van der Waals surface area contributed by atoms with E-state index in [1.165, 1.54) is 37.5 Å². The molecule has 1 atom stereocenters. The lowest BCUT2D eigenvalue weighted by Crippen LogP contribution is -2.32. The number of carbonyl (C=O) groups is 1. The van der Waals surface area contributed by atoms with Gasteiger partial charge < -0.3 is 15.4 Å². The number of halogens is 2. The van der Waals surface area contributed by atoms with Crippen molar-refractivity contribution < 1.29 is 18.8 Å². The van der Waals surface area contributed by atoms with Crippen LogP contribution in [0.15, 0.2) is 41.1 Å². The van der Waals surface area contributed by atoms with Crippen LogP contribution in [0.25, 0.3) is 10.9 Å². The molecule has 3 rings (SSSR count). The van der Waals surface area contributed by atoms with Crippen molar-refractivity contribution in [3.05, 3.63) is 57.1 Å². The van der Waals surface area contributed by atoms with Crippen molar-refractivity contribution in [2.75, 3.05) is 11.9 Å². The summed E-state index contributed by atoms with van der Waals surface area (Å²) >= 11 is 3.19. The lowest BCUT2D eigenvalue weighted by Gasteiger charge is -2.16. The molecular formula is C19H17BrFN5O4. The number of hydrogen-bond acceptors (Lipinski definition) is 7. The summed E-state index contributed by atoms with van der Waals surface area (Å²) in [7, 11) is 0. The van der Waals surface area contributed by atoms with Crippen molar-refractivity contribution in [1.29, 1.82) is 0 Å². The van der Waals surface area contributed by atoms with Crippen LogP contribution in [0.3, 0.4) is 0 Å². The summed E-state index contributed by atoms with van der Waals surface area (Å²) in [5, 5.41) is 17.4. The van der Waals surface area contributed by atoms with Gasteiger partial charge in [0.1, 0.15) is 24.1 Å². The zero-order valence-corrected chi connectivity index (χ0v) is 17.6. The second-order valence-electron chi connectivity index (χ2n) is 6.43. The Bertz CT molecular complexity index is 1130. The van der Waals surface area contributed by atoms with Gasteiger partial charge in [-0.2, -0.15) is 0 Å². The van der Waals surface area contributed by atoms with Gasteiger partial charge in [-0.1, -0.05) is 15.9 Å². The van der Waals surface area contributed by atoms with Crippen LogP contribution in [0.5, 0.6) is 5.75 Å². The lowest BCUT2D eigenvalue weighted by atomic mass is 10.2. The predicted molar refractivity (Wildman–Crippen MR) is 112 cm³/mol. The maximum atomic E-state index is 14.2. The molecule has 11 heteroatoms. The van der Waals surface area contributed by atoms with Gasteiger partial charge in [0.05, 0.1) is 28.1 Å². The fraction of sp³-hybridized carbons (Fsp3) is 0.211. The van der Waals surface area contributed by atoms with E-state index in [0.29, 0.717) is 15.4 Å². The molecule has 156 valence electrons. The first-order chi connectivity index (χ1) is 14.2. The van der Waals surface area contributed by atoms with Crippen LogP contribution in [0.4, 0.5) is 21.6 Å². The fourth-order valence-corrected chi connectivity index (χ4v) is 3.01. The van der Waals surface area contributed by atoms with E-state index in [1.807, 2.05) is 0 Å². The molecule has 0 aliphatic heterocycles. The molecule has 2 aromatic carbocycles. The van der Waals surface area contributed by atoms with Gasteiger partial charge in [0, 0.05) is 23.5 Å². The SMILES string of the molecule is CC(=O)NCC(C)Oc1cc2ncnc(Nc3ccc(Br)cc3F)c2cc1[N+](=O)[O-]. The van der Waals surface area contributed by atoms with E-state index in [1.54, 1.807) is 13.0 Å². The molecule has 0 aliphatic carbocycles. The Kier molecular flexibility index (Phi) is 6.40. The Morgan fingerprint density at radius 3 is 2.77 bits per heavy atom. The molecule has 0 spiro atoms. The van der Waals surface area contributed by atoms with Crippen LogP contribution in [0.1, 0.15) is 13.8 Å². The molecule has 1 heterocycles. The molecule has 0 radical (unpaired) electrons. The van der Waals surface area contributed by atoms with Crippen molar-refractivity contribution in [2.45, 2.75) is 20.0 Å². The molecule has 0 saturated carbocycles. The number of anilines is 2. The molecule has 0 fully saturated rings. The molecule has 0 aliphatic rings. The van der Waals surface area contributed by atoms with E-state index in [-0.39, 0.29) is 35.4 Å². The highest BCUT2D eigenvalue weighted by Gasteiger charge is 2.21. The fourth-order valence-electron chi connectivity index (χ4n) is 2.67. The monoisotopic (exact) mass is 477 g/mol. The molecule has 1 amide bonds. The Morgan fingerprint density at radius 2 is 2.10 bits per heavy atom. The number of carbonyl (C=O) groups excluding carboxylic acids is 1. The summed E-state index contributed by atoms with van der Waals surface area (Å²) in [6, 6.07) is 7.15. The van der Waals surface area contributed by atoms with Crippen LogP contribution in [0, 0.1) is 15.9 Å². The average Bonchev–Trinajstić information content (AvgIpc) is 2.68. The van der Waals surface area contributed by atoms with Gasteiger partial charge in [0.25, 0.3) is 0 Å². The van der Waals surface area contributed by atoms with Crippen LogP contribution in [0.2, 0.25) is 0 Å². The maximum Gasteiger partial charge on any atom is 0.311 e. The number of benzene rings is 2. The largest absolute Gasteiger partial charge is 0.482 e. The van der Waals surface area contributed by atoms with Gasteiger partial charge in [0.15, 0.2) is 5.75 Å². The quantitative estimate of drug-likeness (QED) is 0.388. The highest BCUT2D eigenvalue weighted by molar-refractivity contribution is 9.10. The van der Waals surface area contributed by atoms with Gasteiger partial charge in [-0.15, -0.1) is 0 Å². The summed E-state index contributed by atoms with van der Waals surface area (Å²) in [6.45, 7) is 3.22. The third-order valence-corrected chi connectivity index (χ3v) is 4.56. The first-order valence-corrected chi connectivity index (χ1v) is 9.60. The smallest absolute Gasteiger partial charge is 0.311 e. The molecule has 30 heavy (non-hydrogen) atoms. The standard InChI is InChI=1S/C19H17BrFN5O4/c1-10(8-22-11(2)27)30-18-7-16-13(6-17(18)26(28)29)19(24-9-23-16)25-15-4-3-12(20)5-14(15)21/h3-7,9-10H,8H2,1-2H3,(H,22,27)(H,23,24,25). The van der Waals surface area contributed by atoms with Crippen molar-refractivity contribution in [1.82, 2.24) is 15.3 Å². The molecule has 0 bridgehead atoms. The zero-order valence-electron chi connectivity index (χ0n) is 16.0. The van der Waals surface area contributed by atoms with E-state index < -0.39 is 16.8 Å². The average molecular weight is 478 g/mol. The number of nitro benzene ring substituents is 1. The zero-order chi connectivity index (χ0) is 21.8. The number of amides is 1. The van der Waals surface area contributed by atoms with Crippen molar-refractivity contribution in [3.63, 3.8) is 0 Å². The normalized spacial score (nSPS) is 11.7.